The average molecular weight is 375 g/mol. The number of fused-ring (bicyclic) bond motifs is 1. The van der Waals surface area contributed by atoms with Crippen LogP contribution in [-0.4, -0.2) is 17.9 Å². The highest BCUT2D eigenvalue weighted by molar-refractivity contribution is 6.31. The van der Waals surface area contributed by atoms with E-state index in [1.807, 2.05) is 0 Å². The lowest BCUT2D eigenvalue weighted by Crippen LogP contribution is -2.21. The maximum absolute atomic E-state index is 12.5. The third-order valence-electron chi connectivity index (χ3n) is 3.58. The van der Waals surface area contributed by atoms with Gasteiger partial charge in [-0.1, -0.05) is 11.6 Å². The summed E-state index contributed by atoms with van der Waals surface area (Å²) in [5.74, 6) is -0.406. The molecular weight excluding hydrogens is 364 g/mol. The highest BCUT2D eigenvalue weighted by atomic mass is 35.5. The second kappa shape index (κ2) is 6.85. The van der Waals surface area contributed by atoms with Gasteiger partial charge in [-0.2, -0.15) is 0 Å². The van der Waals surface area contributed by atoms with Gasteiger partial charge in [-0.15, -0.1) is 0 Å². The highest BCUT2D eigenvalue weighted by Gasteiger charge is 2.17. The topological polar surface area (TPSA) is 112 Å². The van der Waals surface area contributed by atoms with E-state index in [4.69, 9.17) is 20.8 Å². The Morgan fingerprint density at radius 3 is 2.69 bits per heavy atom. The van der Waals surface area contributed by atoms with E-state index in [1.54, 1.807) is 12.1 Å². The Bertz CT molecular complexity index is 1090. The van der Waals surface area contributed by atoms with E-state index in [-0.39, 0.29) is 27.9 Å². The van der Waals surface area contributed by atoms with Crippen LogP contribution in [0.25, 0.3) is 11.0 Å². The molecule has 3 rings (SSSR count). The fourth-order valence-electron chi connectivity index (χ4n) is 2.35. The Labute approximate surface area is 151 Å². The number of hydrogen-bond acceptors (Lipinski definition) is 6. The molecular formula is C17H11ClN2O6. The summed E-state index contributed by atoms with van der Waals surface area (Å²) in [6, 6.07) is 9.57. The van der Waals surface area contributed by atoms with Crippen molar-refractivity contribution in [3.63, 3.8) is 0 Å². The van der Waals surface area contributed by atoms with Crippen LogP contribution in [0.3, 0.4) is 0 Å². The van der Waals surface area contributed by atoms with Gasteiger partial charge in [-0.25, -0.2) is 4.79 Å². The quantitative estimate of drug-likeness (QED) is 0.424. The van der Waals surface area contributed by atoms with Crippen LogP contribution >= 0.6 is 11.6 Å². The molecule has 0 spiro atoms. The zero-order chi connectivity index (χ0) is 18.8. The summed E-state index contributed by atoms with van der Waals surface area (Å²) in [7, 11) is 1.42. The lowest BCUT2D eigenvalue weighted by molar-refractivity contribution is -0.384. The molecule has 0 fully saturated rings. The minimum absolute atomic E-state index is 0.137. The predicted molar refractivity (Wildman–Crippen MR) is 95.1 cm³/mol. The Morgan fingerprint density at radius 2 is 2.00 bits per heavy atom. The monoisotopic (exact) mass is 374 g/mol. The summed E-state index contributed by atoms with van der Waals surface area (Å²) in [4.78, 5) is 34.9. The summed E-state index contributed by atoms with van der Waals surface area (Å²) in [6.45, 7) is 0. The number of methoxy groups -OCH3 is 1. The summed E-state index contributed by atoms with van der Waals surface area (Å²) in [6.07, 6.45) is 0. The van der Waals surface area contributed by atoms with Crippen molar-refractivity contribution in [2.45, 2.75) is 0 Å². The second-order valence-corrected chi connectivity index (χ2v) is 5.66. The number of benzene rings is 2. The van der Waals surface area contributed by atoms with E-state index >= 15 is 0 Å². The minimum atomic E-state index is -0.871. The number of carbonyl (C=O) groups is 1. The minimum Gasteiger partial charge on any atom is -0.495 e. The normalized spacial score (nSPS) is 10.5. The number of nitrogens with one attached hydrogen (secondary N) is 1. The lowest BCUT2D eigenvalue weighted by atomic mass is 10.1. The largest absolute Gasteiger partial charge is 0.495 e. The first kappa shape index (κ1) is 17.4. The molecule has 8 nitrogen and oxygen atoms in total. The number of amides is 1. The zero-order valence-electron chi connectivity index (χ0n) is 13.3. The van der Waals surface area contributed by atoms with E-state index in [1.165, 1.54) is 37.4 Å². The maximum atomic E-state index is 12.5. The zero-order valence-corrected chi connectivity index (χ0v) is 14.1. The van der Waals surface area contributed by atoms with Crippen molar-refractivity contribution < 1.29 is 18.9 Å². The first-order valence-electron chi connectivity index (χ1n) is 7.26. The molecule has 0 aliphatic heterocycles. The predicted octanol–water partition coefficient (Wildman–Crippen LogP) is 3.62. The Kier molecular flexibility index (Phi) is 4.59. The van der Waals surface area contributed by atoms with Crippen LogP contribution in [0.4, 0.5) is 11.4 Å². The fourth-order valence-corrected chi connectivity index (χ4v) is 2.52. The molecule has 0 aliphatic carbocycles. The van der Waals surface area contributed by atoms with Gasteiger partial charge in [0, 0.05) is 22.5 Å². The number of nitro groups is 1. The molecule has 0 bridgehead atoms. The molecule has 1 aromatic heterocycles. The van der Waals surface area contributed by atoms with Gasteiger partial charge >= 0.3 is 5.63 Å². The Hall–Kier alpha value is -3.39. The number of ether oxygens (including phenoxy) is 1. The molecule has 0 aliphatic rings. The first-order chi connectivity index (χ1) is 12.4. The maximum Gasteiger partial charge on any atom is 0.349 e. The molecule has 0 unspecified atom stereocenters. The van der Waals surface area contributed by atoms with Gasteiger partial charge in [0.1, 0.15) is 16.9 Å². The van der Waals surface area contributed by atoms with E-state index < -0.39 is 16.5 Å². The number of nitro benzene ring substituents is 1. The van der Waals surface area contributed by atoms with Crippen LogP contribution in [0.5, 0.6) is 5.75 Å². The van der Waals surface area contributed by atoms with Crippen LogP contribution in [0.2, 0.25) is 5.02 Å². The van der Waals surface area contributed by atoms with Crippen molar-refractivity contribution >= 4 is 39.9 Å². The molecule has 3 aromatic rings. The number of rotatable bonds is 4. The molecule has 132 valence electrons. The van der Waals surface area contributed by atoms with Crippen LogP contribution in [-0.2, 0) is 0 Å². The van der Waals surface area contributed by atoms with Crippen LogP contribution in [0.1, 0.15) is 10.4 Å². The number of hydrogen-bond donors (Lipinski definition) is 1. The molecule has 0 saturated heterocycles. The van der Waals surface area contributed by atoms with Crippen LogP contribution in [0.15, 0.2) is 51.7 Å². The van der Waals surface area contributed by atoms with E-state index in [0.717, 1.165) is 0 Å². The molecule has 1 heterocycles. The van der Waals surface area contributed by atoms with Crippen LogP contribution in [0, 0.1) is 10.1 Å². The van der Waals surface area contributed by atoms with Crippen molar-refractivity contribution in [2.75, 3.05) is 12.4 Å². The van der Waals surface area contributed by atoms with Gasteiger partial charge in [0.15, 0.2) is 0 Å². The smallest absolute Gasteiger partial charge is 0.349 e. The molecule has 0 radical (unpaired) electrons. The fraction of sp³-hybridized carbons (Fsp3) is 0.0588. The summed E-state index contributed by atoms with van der Waals surface area (Å²) in [5, 5.41) is 14.0. The number of nitrogens with zero attached hydrogens (tertiary/aromatic N) is 1. The third kappa shape index (κ3) is 3.35. The van der Waals surface area contributed by atoms with Gasteiger partial charge < -0.3 is 14.5 Å². The first-order valence-corrected chi connectivity index (χ1v) is 7.64. The van der Waals surface area contributed by atoms with Gasteiger partial charge in [0.2, 0.25) is 0 Å². The molecule has 0 atom stereocenters. The number of anilines is 1. The summed E-state index contributed by atoms with van der Waals surface area (Å²) < 4.78 is 10.2. The van der Waals surface area contributed by atoms with E-state index in [9.17, 15) is 19.7 Å². The van der Waals surface area contributed by atoms with Gasteiger partial charge in [0.05, 0.1) is 17.7 Å². The number of non-ortho nitro benzene ring substituents is 1. The van der Waals surface area contributed by atoms with Crippen molar-refractivity contribution in [2.24, 2.45) is 0 Å². The van der Waals surface area contributed by atoms with Crippen molar-refractivity contribution in [1.29, 1.82) is 0 Å². The highest BCUT2D eigenvalue weighted by Crippen LogP contribution is 2.28. The molecule has 2 aromatic carbocycles. The van der Waals surface area contributed by atoms with Crippen molar-refractivity contribution in [1.82, 2.24) is 0 Å². The van der Waals surface area contributed by atoms with Crippen molar-refractivity contribution in [3.8, 4) is 5.75 Å². The molecule has 1 N–H and O–H groups in total. The third-order valence-corrected chi connectivity index (χ3v) is 3.82. The standard InChI is InChI=1S/C17H11ClN2O6/c1-25-15-4-2-10(18)8-13(15)19-16(21)12-7-9-6-11(20(23)24)3-5-14(9)26-17(12)22/h2-8H,1H3,(H,19,21). The average Bonchev–Trinajstić information content (AvgIpc) is 2.60. The summed E-state index contributed by atoms with van der Waals surface area (Å²) in [5.41, 5.74) is -0.958. The van der Waals surface area contributed by atoms with Gasteiger partial charge in [-0.3, -0.25) is 14.9 Å². The number of carbonyl (C=O) groups excluding carboxylic acids is 1. The molecule has 26 heavy (non-hydrogen) atoms. The van der Waals surface area contributed by atoms with Gasteiger partial charge in [-0.05, 0) is 30.3 Å². The SMILES string of the molecule is COc1ccc(Cl)cc1NC(=O)c1cc2cc([N+](=O)[O-])ccc2oc1=O. The molecule has 1 amide bonds. The van der Waals surface area contributed by atoms with E-state index in [0.29, 0.717) is 10.8 Å². The Balaban J connectivity index is 2.02. The Morgan fingerprint density at radius 1 is 1.23 bits per heavy atom. The van der Waals surface area contributed by atoms with E-state index in [2.05, 4.69) is 5.32 Å². The second-order valence-electron chi connectivity index (χ2n) is 5.23. The molecule has 9 heteroatoms. The molecule has 0 saturated carbocycles. The lowest BCUT2D eigenvalue weighted by Gasteiger charge is -2.10. The number of halogens is 1. The summed E-state index contributed by atoms with van der Waals surface area (Å²) >= 11 is 5.91. The van der Waals surface area contributed by atoms with Crippen molar-refractivity contribution in [3.05, 3.63) is 73.6 Å². The van der Waals surface area contributed by atoms with Crippen LogP contribution < -0.4 is 15.7 Å². The van der Waals surface area contributed by atoms with Gasteiger partial charge in [0.25, 0.3) is 11.6 Å².